The van der Waals surface area contributed by atoms with Crippen molar-refractivity contribution in [2.24, 2.45) is 0 Å². The van der Waals surface area contributed by atoms with E-state index in [0.29, 0.717) is 11.5 Å². The molecule has 15 heavy (non-hydrogen) atoms. The average Bonchev–Trinajstić information content (AvgIpc) is 2.43. The molecule has 0 spiro atoms. The van der Waals surface area contributed by atoms with Crippen LogP contribution in [0.25, 0.3) is 0 Å². The quantitative estimate of drug-likeness (QED) is 0.664. The number of anilines is 1. The molecule has 1 aliphatic rings. The Hall–Kier alpha value is -1.19. The van der Waals surface area contributed by atoms with E-state index >= 15 is 0 Å². The van der Waals surface area contributed by atoms with Gasteiger partial charge in [0, 0.05) is 23.8 Å². The third-order valence-electron chi connectivity index (χ3n) is 2.99. The van der Waals surface area contributed by atoms with Crippen molar-refractivity contribution in [2.45, 2.75) is 39.2 Å². The van der Waals surface area contributed by atoms with Crippen molar-refractivity contribution in [3.8, 4) is 0 Å². The SMILES string of the molecule is Cc1cc(N2CCCC2(C)C)nc(F)n1. The van der Waals surface area contributed by atoms with Crippen molar-refractivity contribution < 1.29 is 4.39 Å². The maximum Gasteiger partial charge on any atom is 0.310 e. The van der Waals surface area contributed by atoms with Crippen LogP contribution in [0.5, 0.6) is 0 Å². The molecule has 1 aromatic rings. The lowest BCUT2D eigenvalue weighted by molar-refractivity contribution is 0.498. The van der Waals surface area contributed by atoms with Crippen LogP contribution in [0.2, 0.25) is 0 Å². The van der Waals surface area contributed by atoms with Crippen LogP contribution < -0.4 is 4.90 Å². The molecule has 0 aromatic carbocycles. The highest BCUT2D eigenvalue weighted by Crippen LogP contribution is 2.32. The van der Waals surface area contributed by atoms with Crippen molar-refractivity contribution in [1.82, 2.24) is 9.97 Å². The number of hydrogen-bond acceptors (Lipinski definition) is 3. The van der Waals surface area contributed by atoms with Gasteiger partial charge in [-0.2, -0.15) is 9.37 Å². The third kappa shape index (κ3) is 1.94. The van der Waals surface area contributed by atoms with Crippen molar-refractivity contribution in [3.63, 3.8) is 0 Å². The molecular formula is C11H16FN3. The third-order valence-corrected chi connectivity index (χ3v) is 2.99. The summed E-state index contributed by atoms with van der Waals surface area (Å²) in [4.78, 5) is 9.67. The zero-order chi connectivity index (χ0) is 11.1. The lowest BCUT2D eigenvalue weighted by Crippen LogP contribution is -2.38. The fourth-order valence-corrected chi connectivity index (χ4v) is 2.19. The molecular weight excluding hydrogens is 193 g/mol. The molecule has 2 heterocycles. The van der Waals surface area contributed by atoms with E-state index in [0.717, 1.165) is 19.4 Å². The fourth-order valence-electron chi connectivity index (χ4n) is 2.19. The molecule has 0 amide bonds. The first-order valence-electron chi connectivity index (χ1n) is 5.28. The maximum atomic E-state index is 13.1. The van der Waals surface area contributed by atoms with E-state index in [1.807, 2.05) is 6.07 Å². The van der Waals surface area contributed by atoms with Crippen LogP contribution in [0.3, 0.4) is 0 Å². The lowest BCUT2D eigenvalue weighted by atomic mass is 10.0. The molecule has 1 aromatic heterocycles. The van der Waals surface area contributed by atoms with Gasteiger partial charge in [-0.1, -0.05) is 0 Å². The summed E-state index contributed by atoms with van der Waals surface area (Å²) in [5.74, 6) is 0.711. The van der Waals surface area contributed by atoms with Crippen molar-refractivity contribution in [3.05, 3.63) is 17.8 Å². The van der Waals surface area contributed by atoms with Gasteiger partial charge in [0.05, 0.1) is 0 Å². The van der Waals surface area contributed by atoms with Crippen molar-refractivity contribution in [1.29, 1.82) is 0 Å². The number of aromatic nitrogens is 2. The van der Waals surface area contributed by atoms with E-state index in [-0.39, 0.29) is 5.54 Å². The van der Waals surface area contributed by atoms with Crippen molar-refractivity contribution >= 4 is 5.82 Å². The standard InChI is InChI=1S/C11H16FN3/c1-8-7-9(14-10(12)13-8)15-6-4-5-11(15,2)3/h7H,4-6H2,1-3H3. The van der Waals surface area contributed by atoms with Gasteiger partial charge in [0.2, 0.25) is 0 Å². The van der Waals surface area contributed by atoms with Crippen LogP contribution in [0, 0.1) is 13.0 Å². The normalized spacial score (nSPS) is 19.6. The summed E-state index contributed by atoms with van der Waals surface area (Å²) < 4.78 is 13.1. The van der Waals surface area contributed by atoms with Crippen LogP contribution in [0.4, 0.5) is 10.2 Å². The highest BCUT2D eigenvalue weighted by molar-refractivity contribution is 5.43. The van der Waals surface area contributed by atoms with Gasteiger partial charge in [0.15, 0.2) is 0 Å². The zero-order valence-electron chi connectivity index (χ0n) is 9.42. The Morgan fingerprint density at radius 1 is 1.40 bits per heavy atom. The first-order valence-corrected chi connectivity index (χ1v) is 5.28. The van der Waals surface area contributed by atoms with E-state index in [1.165, 1.54) is 0 Å². The summed E-state index contributed by atoms with van der Waals surface area (Å²) in [7, 11) is 0. The Labute approximate surface area is 89.3 Å². The number of aryl methyl sites for hydroxylation is 1. The molecule has 1 fully saturated rings. The van der Waals surface area contributed by atoms with E-state index < -0.39 is 6.08 Å². The number of halogens is 1. The Bertz CT molecular complexity index is 356. The minimum absolute atomic E-state index is 0.0766. The summed E-state index contributed by atoms with van der Waals surface area (Å²) in [6, 6.07) is 1.84. The second-order valence-electron chi connectivity index (χ2n) is 4.70. The smallest absolute Gasteiger partial charge is 0.310 e. The fraction of sp³-hybridized carbons (Fsp3) is 0.636. The molecule has 1 aliphatic heterocycles. The second-order valence-corrected chi connectivity index (χ2v) is 4.70. The van der Waals surface area contributed by atoms with E-state index in [2.05, 4.69) is 28.7 Å². The van der Waals surface area contributed by atoms with Gasteiger partial charge in [0.25, 0.3) is 0 Å². The molecule has 3 nitrogen and oxygen atoms in total. The largest absolute Gasteiger partial charge is 0.351 e. The van der Waals surface area contributed by atoms with Gasteiger partial charge in [-0.05, 0) is 33.6 Å². The summed E-state index contributed by atoms with van der Waals surface area (Å²) in [5.41, 5.74) is 0.757. The molecule has 0 atom stereocenters. The molecule has 0 aliphatic carbocycles. The lowest BCUT2D eigenvalue weighted by Gasteiger charge is -2.32. The van der Waals surface area contributed by atoms with Gasteiger partial charge in [0.1, 0.15) is 5.82 Å². The average molecular weight is 209 g/mol. The molecule has 0 N–H and O–H groups in total. The Balaban J connectivity index is 2.37. The predicted molar refractivity (Wildman–Crippen MR) is 57.4 cm³/mol. The predicted octanol–water partition coefficient (Wildman–Crippen LogP) is 2.30. The minimum atomic E-state index is -0.632. The number of hydrogen-bond donors (Lipinski definition) is 0. The van der Waals surface area contributed by atoms with Gasteiger partial charge in [-0.3, -0.25) is 0 Å². The minimum Gasteiger partial charge on any atom is -0.351 e. The first kappa shape index (κ1) is 10.3. The highest BCUT2D eigenvalue weighted by atomic mass is 19.1. The molecule has 0 saturated carbocycles. The van der Waals surface area contributed by atoms with Gasteiger partial charge >= 0.3 is 6.08 Å². The highest BCUT2D eigenvalue weighted by Gasteiger charge is 2.33. The van der Waals surface area contributed by atoms with Crippen LogP contribution >= 0.6 is 0 Å². The monoisotopic (exact) mass is 209 g/mol. The summed E-state index contributed by atoms with van der Waals surface area (Å²) >= 11 is 0. The molecule has 0 radical (unpaired) electrons. The first-order chi connectivity index (χ1) is 6.99. The van der Waals surface area contributed by atoms with Gasteiger partial charge in [-0.15, -0.1) is 0 Å². The van der Waals surface area contributed by atoms with Gasteiger partial charge in [-0.25, -0.2) is 4.98 Å². The summed E-state index contributed by atoms with van der Waals surface area (Å²) in [6.07, 6.45) is 1.63. The Morgan fingerprint density at radius 3 is 2.67 bits per heavy atom. The molecule has 4 heteroatoms. The molecule has 82 valence electrons. The van der Waals surface area contributed by atoms with Crippen LogP contribution in [-0.2, 0) is 0 Å². The summed E-state index contributed by atoms with van der Waals surface area (Å²) in [6.45, 7) is 7.06. The maximum absolute atomic E-state index is 13.1. The molecule has 2 rings (SSSR count). The van der Waals surface area contributed by atoms with E-state index in [9.17, 15) is 4.39 Å². The second kappa shape index (κ2) is 3.43. The Morgan fingerprint density at radius 2 is 2.13 bits per heavy atom. The van der Waals surface area contributed by atoms with Crippen LogP contribution in [-0.4, -0.2) is 22.1 Å². The number of nitrogens with zero attached hydrogens (tertiary/aromatic N) is 3. The number of rotatable bonds is 1. The van der Waals surface area contributed by atoms with E-state index in [1.54, 1.807) is 6.92 Å². The van der Waals surface area contributed by atoms with E-state index in [4.69, 9.17) is 0 Å². The molecule has 0 bridgehead atoms. The van der Waals surface area contributed by atoms with Crippen molar-refractivity contribution in [2.75, 3.05) is 11.4 Å². The molecule has 1 saturated heterocycles. The van der Waals surface area contributed by atoms with Gasteiger partial charge < -0.3 is 4.90 Å². The van der Waals surface area contributed by atoms with Crippen LogP contribution in [0.1, 0.15) is 32.4 Å². The molecule has 0 unspecified atom stereocenters. The Kier molecular flexibility index (Phi) is 2.37. The zero-order valence-corrected chi connectivity index (χ0v) is 9.42. The summed E-state index contributed by atoms with van der Waals surface area (Å²) in [5, 5.41) is 0. The topological polar surface area (TPSA) is 29.0 Å². The van der Waals surface area contributed by atoms with Crippen LogP contribution in [0.15, 0.2) is 6.07 Å².